The van der Waals surface area contributed by atoms with E-state index in [-0.39, 0.29) is 6.10 Å². The third-order valence-corrected chi connectivity index (χ3v) is 2.92. The van der Waals surface area contributed by atoms with Crippen LogP contribution in [0.3, 0.4) is 0 Å². The van der Waals surface area contributed by atoms with Crippen molar-refractivity contribution in [2.75, 3.05) is 39.9 Å². The molecule has 0 saturated carbocycles. The number of nitrogens with two attached hydrogens (primary N) is 1. The van der Waals surface area contributed by atoms with Gasteiger partial charge < -0.3 is 15.2 Å². The van der Waals surface area contributed by atoms with Crippen LogP contribution in [-0.4, -0.2) is 57.0 Å². The summed E-state index contributed by atoms with van der Waals surface area (Å²) in [6.07, 6.45) is 4.71. The second kappa shape index (κ2) is 7.79. The molecule has 0 aromatic rings. The summed E-state index contributed by atoms with van der Waals surface area (Å²) in [6.45, 7) is 7.92. The zero-order chi connectivity index (χ0) is 11.8. The number of hydrogen-bond donors (Lipinski definition) is 1. The van der Waals surface area contributed by atoms with Gasteiger partial charge in [0, 0.05) is 33.3 Å². The lowest BCUT2D eigenvalue weighted by molar-refractivity contribution is 0.0247. The van der Waals surface area contributed by atoms with Gasteiger partial charge in [0.2, 0.25) is 0 Å². The van der Waals surface area contributed by atoms with Crippen LogP contribution in [0, 0.1) is 0 Å². The summed E-state index contributed by atoms with van der Waals surface area (Å²) in [5.41, 5.74) is 5.59. The van der Waals surface area contributed by atoms with E-state index < -0.39 is 0 Å². The van der Waals surface area contributed by atoms with E-state index in [2.05, 4.69) is 11.5 Å². The minimum atomic E-state index is 0.262. The standard InChI is InChI=1S/C12H24N2O2/c1-3-6-14(7-8-15-2)10-12-5-4-11(9-13)16-12/h3,11-12H,1,4-10,13H2,2H3. The first kappa shape index (κ1) is 13.6. The van der Waals surface area contributed by atoms with E-state index in [9.17, 15) is 0 Å². The molecule has 1 aliphatic rings. The Balaban J connectivity index is 2.27. The fraction of sp³-hybridized carbons (Fsp3) is 0.833. The highest BCUT2D eigenvalue weighted by Crippen LogP contribution is 2.19. The predicted octanol–water partition coefficient (Wildman–Crippen LogP) is 0.627. The molecule has 1 rings (SSSR count). The molecule has 1 aliphatic heterocycles. The molecule has 0 aliphatic carbocycles. The van der Waals surface area contributed by atoms with Crippen molar-refractivity contribution < 1.29 is 9.47 Å². The van der Waals surface area contributed by atoms with Gasteiger partial charge in [-0.1, -0.05) is 6.08 Å². The molecular weight excluding hydrogens is 204 g/mol. The maximum absolute atomic E-state index is 5.83. The molecule has 0 spiro atoms. The molecule has 0 bridgehead atoms. The molecule has 0 amide bonds. The molecule has 2 atom stereocenters. The fourth-order valence-electron chi connectivity index (χ4n) is 2.04. The van der Waals surface area contributed by atoms with Crippen LogP contribution < -0.4 is 5.73 Å². The largest absolute Gasteiger partial charge is 0.383 e. The first-order valence-corrected chi connectivity index (χ1v) is 5.97. The van der Waals surface area contributed by atoms with Gasteiger partial charge >= 0.3 is 0 Å². The number of hydrogen-bond acceptors (Lipinski definition) is 4. The van der Waals surface area contributed by atoms with Gasteiger partial charge in [-0.25, -0.2) is 0 Å². The highest BCUT2D eigenvalue weighted by molar-refractivity contribution is 4.80. The Morgan fingerprint density at radius 1 is 1.50 bits per heavy atom. The first-order valence-electron chi connectivity index (χ1n) is 5.97. The summed E-state index contributed by atoms with van der Waals surface area (Å²) in [7, 11) is 1.72. The van der Waals surface area contributed by atoms with Crippen molar-refractivity contribution in [3.8, 4) is 0 Å². The molecule has 1 fully saturated rings. The van der Waals surface area contributed by atoms with Crippen LogP contribution in [0.1, 0.15) is 12.8 Å². The summed E-state index contributed by atoms with van der Waals surface area (Å²) in [4.78, 5) is 2.31. The minimum absolute atomic E-state index is 0.262. The Labute approximate surface area is 98.4 Å². The zero-order valence-corrected chi connectivity index (χ0v) is 10.2. The SMILES string of the molecule is C=CCN(CCOC)CC1CCC(CN)O1. The van der Waals surface area contributed by atoms with E-state index >= 15 is 0 Å². The monoisotopic (exact) mass is 228 g/mol. The average molecular weight is 228 g/mol. The Bertz CT molecular complexity index is 199. The maximum Gasteiger partial charge on any atom is 0.0707 e. The molecule has 1 saturated heterocycles. The van der Waals surface area contributed by atoms with Crippen molar-refractivity contribution in [2.24, 2.45) is 5.73 Å². The molecule has 4 heteroatoms. The minimum Gasteiger partial charge on any atom is -0.383 e. The lowest BCUT2D eigenvalue weighted by Crippen LogP contribution is -2.35. The van der Waals surface area contributed by atoms with Crippen LogP contribution in [0.2, 0.25) is 0 Å². The van der Waals surface area contributed by atoms with Gasteiger partial charge in [0.05, 0.1) is 18.8 Å². The zero-order valence-electron chi connectivity index (χ0n) is 10.2. The van der Waals surface area contributed by atoms with Crippen molar-refractivity contribution in [3.63, 3.8) is 0 Å². The van der Waals surface area contributed by atoms with Gasteiger partial charge in [-0.3, -0.25) is 4.90 Å². The molecule has 2 N–H and O–H groups in total. The normalized spacial score (nSPS) is 25.2. The van der Waals surface area contributed by atoms with Crippen LogP contribution in [0.15, 0.2) is 12.7 Å². The first-order chi connectivity index (χ1) is 7.80. The van der Waals surface area contributed by atoms with Gasteiger partial charge in [0.25, 0.3) is 0 Å². The van der Waals surface area contributed by atoms with Gasteiger partial charge in [-0.2, -0.15) is 0 Å². The highest BCUT2D eigenvalue weighted by Gasteiger charge is 2.25. The smallest absolute Gasteiger partial charge is 0.0707 e. The van der Waals surface area contributed by atoms with Crippen LogP contribution in [-0.2, 0) is 9.47 Å². The summed E-state index contributed by atoms with van der Waals surface area (Å²) in [5, 5.41) is 0. The summed E-state index contributed by atoms with van der Waals surface area (Å²) in [5.74, 6) is 0. The van der Waals surface area contributed by atoms with Crippen LogP contribution in [0.4, 0.5) is 0 Å². The van der Waals surface area contributed by atoms with Crippen molar-refractivity contribution in [3.05, 3.63) is 12.7 Å². The number of nitrogens with zero attached hydrogens (tertiary/aromatic N) is 1. The Kier molecular flexibility index (Phi) is 6.64. The fourth-order valence-corrected chi connectivity index (χ4v) is 2.04. The number of ether oxygens (including phenoxy) is 2. The van der Waals surface area contributed by atoms with Gasteiger partial charge in [0.15, 0.2) is 0 Å². The third-order valence-electron chi connectivity index (χ3n) is 2.92. The van der Waals surface area contributed by atoms with Gasteiger partial charge in [-0.05, 0) is 12.8 Å². The Hall–Kier alpha value is -0.420. The second-order valence-electron chi connectivity index (χ2n) is 4.23. The van der Waals surface area contributed by atoms with Crippen molar-refractivity contribution in [1.29, 1.82) is 0 Å². The van der Waals surface area contributed by atoms with Crippen LogP contribution >= 0.6 is 0 Å². The third kappa shape index (κ3) is 4.61. The number of rotatable bonds is 8. The molecule has 1 heterocycles. The van der Waals surface area contributed by atoms with Gasteiger partial charge in [0.1, 0.15) is 0 Å². The summed E-state index contributed by atoms with van der Waals surface area (Å²) >= 11 is 0. The van der Waals surface area contributed by atoms with E-state index in [0.717, 1.165) is 39.1 Å². The van der Waals surface area contributed by atoms with E-state index in [1.165, 1.54) is 0 Å². The average Bonchev–Trinajstić information content (AvgIpc) is 2.74. The van der Waals surface area contributed by atoms with Crippen molar-refractivity contribution in [2.45, 2.75) is 25.0 Å². The van der Waals surface area contributed by atoms with E-state index in [1.54, 1.807) is 7.11 Å². The predicted molar refractivity (Wildman–Crippen MR) is 65.5 cm³/mol. The number of methoxy groups -OCH3 is 1. The van der Waals surface area contributed by atoms with E-state index in [1.807, 2.05) is 6.08 Å². The molecule has 94 valence electrons. The van der Waals surface area contributed by atoms with Crippen molar-refractivity contribution >= 4 is 0 Å². The van der Waals surface area contributed by atoms with Crippen LogP contribution in [0.25, 0.3) is 0 Å². The Morgan fingerprint density at radius 3 is 2.81 bits per heavy atom. The summed E-state index contributed by atoms with van der Waals surface area (Å²) in [6, 6.07) is 0. The maximum atomic E-state index is 5.83. The molecule has 0 aromatic heterocycles. The molecular formula is C12H24N2O2. The molecule has 4 nitrogen and oxygen atoms in total. The Morgan fingerprint density at radius 2 is 2.25 bits per heavy atom. The molecule has 2 unspecified atom stereocenters. The van der Waals surface area contributed by atoms with Crippen LogP contribution in [0.5, 0.6) is 0 Å². The topological polar surface area (TPSA) is 47.7 Å². The lowest BCUT2D eigenvalue weighted by Gasteiger charge is -2.24. The van der Waals surface area contributed by atoms with Crippen molar-refractivity contribution in [1.82, 2.24) is 4.90 Å². The second-order valence-corrected chi connectivity index (χ2v) is 4.23. The molecule has 16 heavy (non-hydrogen) atoms. The molecule has 0 radical (unpaired) electrons. The highest BCUT2D eigenvalue weighted by atomic mass is 16.5. The van der Waals surface area contributed by atoms with Gasteiger partial charge in [-0.15, -0.1) is 6.58 Å². The quantitative estimate of drug-likeness (QED) is 0.619. The summed E-state index contributed by atoms with van der Waals surface area (Å²) < 4.78 is 10.9. The lowest BCUT2D eigenvalue weighted by atomic mass is 10.2. The van der Waals surface area contributed by atoms with E-state index in [4.69, 9.17) is 15.2 Å². The van der Waals surface area contributed by atoms with E-state index in [0.29, 0.717) is 12.6 Å². The molecule has 0 aromatic carbocycles.